The van der Waals surface area contributed by atoms with Gasteiger partial charge in [-0.2, -0.15) is 0 Å². The number of fused-ring (bicyclic) bond motifs is 6. The highest BCUT2D eigenvalue weighted by molar-refractivity contribution is 5.90. The first kappa shape index (κ1) is 21.8. The second kappa shape index (κ2) is 8.59. The van der Waals surface area contributed by atoms with Gasteiger partial charge in [-0.25, -0.2) is 19.9 Å². The monoisotopic (exact) mass is 494 g/mol. The molecule has 1 fully saturated rings. The van der Waals surface area contributed by atoms with Gasteiger partial charge in [0.25, 0.3) is 0 Å². The van der Waals surface area contributed by atoms with E-state index >= 15 is 0 Å². The fourth-order valence-electron chi connectivity index (χ4n) is 4.99. The predicted octanol–water partition coefficient (Wildman–Crippen LogP) is 3.93. The van der Waals surface area contributed by atoms with Crippen LogP contribution in [0.1, 0.15) is 5.56 Å². The lowest BCUT2D eigenvalue weighted by atomic mass is 10.2. The summed E-state index contributed by atoms with van der Waals surface area (Å²) in [6.07, 6.45) is 3.35. The first-order valence-electron chi connectivity index (χ1n) is 12.3. The predicted molar refractivity (Wildman–Crippen MR) is 142 cm³/mol. The minimum Gasteiger partial charge on any atom is -0.488 e. The van der Waals surface area contributed by atoms with Crippen LogP contribution in [0.5, 0.6) is 17.2 Å². The van der Waals surface area contributed by atoms with Gasteiger partial charge in [0.05, 0.1) is 28.9 Å². The number of hydrogen-bond acceptors (Lipinski definition) is 9. The summed E-state index contributed by atoms with van der Waals surface area (Å²) in [5.41, 5.74) is 5.30. The summed E-state index contributed by atoms with van der Waals surface area (Å²) in [7, 11) is 1.98. The Labute approximate surface area is 213 Å². The van der Waals surface area contributed by atoms with Gasteiger partial charge in [-0.3, -0.25) is 0 Å². The maximum atomic E-state index is 6.17. The zero-order chi connectivity index (χ0) is 24.9. The van der Waals surface area contributed by atoms with E-state index in [9.17, 15) is 0 Å². The Morgan fingerprint density at radius 1 is 1.08 bits per heavy atom. The van der Waals surface area contributed by atoms with Gasteiger partial charge in [0.15, 0.2) is 17.4 Å². The normalized spacial score (nSPS) is 16.8. The molecule has 2 aliphatic heterocycles. The van der Waals surface area contributed by atoms with E-state index in [0.717, 1.165) is 70.5 Å². The molecule has 186 valence electrons. The molecule has 2 aromatic carbocycles. The highest BCUT2D eigenvalue weighted by atomic mass is 16.5. The number of benzene rings is 2. The van der Waals surface area contributed by atoms with Gasteiger partial charge >= 0.3 is 0 Å². The van der Waals surface area contributed by atoms with Crippen molar-refractivity contribution in [3.63, 3.8) is 0 Å². The molecule has 5 heterocycles. The van der Waals surface area contributed by atoms with Gasteiger partial charge in [0.1, 0.15) is 29.9 Å². The molecule has 1 saturated heterocycles. The Bertz CT molecular complexity index is 1650. The van der Waals surface area contributed by atoms with E-state index in [1.165, 1.54) is 0 Å². The summed E-state index contributed by atoms with van der Waals surface area (Å²) in [4.78, 5) is 20.6. The standard InChI is InChI=1S/C27H26N8O2/c1-16-9-17(3-6-23(16)37-19-4-5-22-20(10-19)31-15-34(22)2)32-26-25-21(29-14-30-26)11-24-27(33-25)35-8-7-28-18(12-35)13-36-24/h3-6,9-11,14-15,18,28H,7-8,12-13H2,1-2H3,(H,29,30,32)/t18-/m0/s1. The second-order valence-electron chi connectivity index (χ2n) is 9.52. The Kier molecular flexibility index (Phi) is 5.07. The number of rotatable bonds is 4. The third kappa shape index (κ3) is 3.95. The van der Waals surface area contributed by atoms with Crippen LogP contribution >= 0.6 is 0 Å². The quantitative estimate of drug-likeness (QED) is 0.385. The molecule has 7 rings (SSSR count). The number of nitrogens with zero attached hydrogens (tertiary/aromatic N) is 6. The maximum absolute atomic E-state index is 6.17. The van der Waals surface area contributed by atoms with Gasteiger partial charge in [-0.1, -0.05) is 0 Å². The molecule has 37 heavy (non-hydrogen) atoms. The zero-order valence-corrected chi connectivity index (χ0v) is 20.6. The third-order valence-electron chi connectivity index (χ3n) is 6.91. The molecule has 3 aromatic heterocycles. The number of aryl methyl sites for hydroxylation is 2. The molecule has 1 atom stereocenters. The fraction of sp³-hybridized carbons (Fsp3) is 0.259. The van der Waals surface area contributed by atoms with E-state index in [4.69, 9.17) is 14.5 Å². The minimum atomic E-state index is 0.296. The molecular formula is C27H26N8O2. The van der Waals surface area contributed by atoms with Crippen LogP contribution < -0.4 is 25.0 Å². The largest absolute Gasteiger partial charge is 0.488 e. The number of aromatic nitrogens is 5. The van der Waals surface area contributed by atoms with Crippen molar-refractivity contribution in [3.05, 3.63) is 60.7 Å². The summed E-state index contributed by atoms with van der Waals surface area (Å²) in [6, 6.07) is 14.2. The first-order valence-corrected chi connectivity index (χ1v) is 12.3. The van der Waals surface area contributed by atoms with Gasteiger partial charge < -0.3 is 29.6 Å². The van der Waals surface area contributed by atoms with Crippen LogP contribution in [0.2, 0.25) is 0 Å². The molecule has 0 amide bonds. The lowest BCUT2D eigenvalue weighted by molar-refractivity contribution is 0.271. The van der Waals surface area contributed by atoms with Crippen LogP contribution in [0, 0.1) is 6.92 Å². The molecule has 5 aromatic rings. The van der Waals surface area contributed by atoms with Gasteiger partial charge in [-0.05, 0) is 42.8 Å². The van der Waals surface area contributed by atoms with E-state index in [2.05, 4.69) is 30.5 Å². The number of ether oxygens (including phenoxy) is 2. The number of anilines is 3. The molecule has 0 unspecified atom stereocenters. The summed E-state index contributed by atoms with van der Waals surface area (Å²) in [5.74, 6) is 3.79. The van der Waals surface area contributed by atoms with Crippen LogP contribution in [0.25, 0.3) is 22.1 Å². The topological polar surface area (TPSA) is 102 Å². The molecule has 0 radical (unpaired) electrons. The summed E-state index contributed by atoms with van der Waals surface area (Å²) >= 11 is 0. The van der Waals surface area contributed by atoms with Crippen molar-refractivity contribution in [1.82, 2.24) is 29.8 Å². The maximum Gasteiger partial charge on any atom is 0.172 e. The fourth-order valence-corrected chi connectivity index (χ4v) is 4.99. The van der Waals surface area contributed by atoms with Gasteiger partial charge in [0, 0.05) is 44.5 Å². The summed E-state index contributed by atoms with van der Waals surface area (Å²) in [5, 5.41) is 6.93. The second-order valence-corrected chi connectivity index (χ2v) is 9.52. The number of nitrogens with one attached hydrogen (secondary N) is 2. The van der Waals surface area contributed by atoms with Gasteiger partial charge in [0.2, 0.25) is 0 Å². The van der Waals surface area contributed by atoms with Crippen molar-refractivity contribution in [2.45, 2.75) is 13.0 Å². The van der Waals surface area contributed by atoms with E-state index in [0.29, 0.717) is 24.0 Å². The lowest BCUT2D eigenvalue weighted by Gasteiger charge is -2.31. The first-order chi connectivity index (χ1) is 18.1. The van der Waals surface area contributed by atoms with Crippen molar-refractivity contribution >= 4 is 39.4 Å². The molecule has 10 nitrogen and oxygen atoms in total. The number of imidazole rings is 1. The molecule has 2 bridgehead atoms. The molecule has 2 N–H and O–H groups in total. The zero-order valence-electron chi connectivity index (χ0n) is 20.6. The third-order valence-corrected chi connectivity index (χ3v) is 6.91. The van der Waals surface area contributed by atoms with Crippen LogP contribution in [0.15, 0.2) is 55.1 Å². The van der Waals surface area contributed by atoms with Crippen LogP contribution in [0.3, 0.4) is 0 Å². The molecular weight excluding hydrogens is 468 g/mol. The Morgan fingerprint density at radius 3 is 2.95 bits per heavy atom. The Balaban J connectivity index is 1.17. The highest BCUT2D eigenvalue weighted by Gasteiger charge is 2.28. The average molecular weight is 495 g/mol. The summed E-state index contributed by atoms with van der Waals surface area (Å²) in [6.45, 7) is 5.31. The van der Waals surface area contributed by atoms with Crippen molar-refractivity contribution in [2.24, 2.45) is 7.05 Å². The van der Waals surface area contributed by atoms with Crippen molar-refractivity contribution in [2.75, 3.05) is 36.5 Å². The van der Waals surface area contributed by atoms with Gasteiger partial charge in [-0.15, -0.1) is 0 Å². The van der Waals surface area contributed by atoms with Crippen LogP contribution in [0.4, 0.5) is 17.3 Å². The van der Waals surface area contributed by atoms with Crippen molar-refractivity contribution < 1.29 is 9.47 Å². The van der Waals surface area contributed by atoms with Crippen LogP contribution in [-0.4, -0.2) is 56.8 Å². The lowest BCUT2D eigenvalue weighted by Crippen LogP contribution is -2.51. The highest BCUT2D eigenvalue weighted by Crippen LogP contribution is 2.35. The van der Waals surface area contributed by atoms with E-state index in [-0.39, 0.29) is 0 Å². The van der Waals surface area contributed by atoms with Crippen molar-refractivity contribution in [1.29, 1.82) is 0 Å². The molecule has 10 heteroatoms. The number of piperazine rings is 1. The average Bonchev–Trinajstić information content (AvgIpc) is 3.23. The van der Waals surface area contributed by atoms with E-state index in [1.807, 2.05) is 61.0 Å². The molecule has 2 aliphatic rings. The molecule has 0 aliphatic carbocycles. The summed E-state index contributed by atoms with van der Waals surface area (Å²) < 4.78 is 14.2. The molecule has 0 saturated carbocycles. The minimum absolute atomic E-state index is 0.296. The Morgan fingerprint density at radius 2 is 2.03 bits per heavy atom. The van der Waals surface area contributed by atoms with Crippen molar-refractivity contribution in [3.8, 4) is 17.2 Å². The number of hydrogen-bond donors (Lipinski definition) is 2. The SMILES string of the molecule is Cc1cc(Nc2ncnc3cc4c(nc23)N2CCN[C@H](CO4)C2)ccc1Oc1ccc2c(c1)ncn2C. The van der Waals surface area contributed by atoms with E-state index < -0.39 is 0 Å². The Hall–Kier alpha value is -4.44. The number of pyridine rings is 1. The van der Waals surface area contributed by atoms with Crippen LogP contribution in [-0.2, 0) is 7.05 Å². The smallest absolute Gasteiger partial charge is 0.172 e. The molecule has 0 spiro atoms. The van der Waals surface area contributed by atoms with E-state index in [1.54, 1.807) is 12.7 Å².